The summed E-state index contributed by atoms with van der Waals surface area (Å²) >= 11 is 0. The molecule has 0 fully saturated rings. The minimum absolute atomic E-state index is 0.0440. The topological polar surface area (TPSA) is 95.2 Å². The Morgan fingerprint density at radius 1 is 1.03 bits per heavy atom. The fraction of sp³-hybridized carbons (Fsp3) is 0.364. The molecule has 0 aliphatic rings. The van der Waals surface area contributed by atoms with Crippen LogP contribution in [0.15, 0.2) is 58.2 Å². The highest BCUT2D eigenvalue weighted by molar-refractivity contribution is 7.89. The number of benzene rings is 2. The van der Waals surface area contributed by atoms with Crippen molar-refractivity contribution in [2.45, 2.75) is 37.6 Å². The van der Waals surface area contributed by atoms with Gasteiger partial charge in [-0.25, -0.2) is 22.6 Å². The molecule has 31 heavy (non-hydrogen) atoms. The summed E-state index contributed by atoms with van der Waals surface area (Å²) in [5.74, 6) is 1.20. The number of methoxy groups -OCH3 is 1. The zero-order valence-electron chi connectivity index (χ0n) is 18.4. The largest absolute Gasteiger partial charge is 0.497 e. The molecule has 166 valence electrons. The monoisotopic (exact) mass is 444 g/mol. The van der Waals surface area contributed by atoms with Crippen LogP contribution < -0.4 is 15.1 Å². The highest BCUT2D eigenvalue weighted by atomic mass is 32.2. The maximum atomic E-state index is 12.6. The number of rotatable bonds is 7. The molecule has 0 amide bonds. The van der Waals surface area contributed by atoms with Gasteiger partial charge in [0.2, 0.25) is 10.0 Å². The van der Waals surface area contributed by atoms with Crippen LogP contribution in [0.25, 0.3) is 11.4 Å². The van der Waals surface area contributed by atoms with Gasteiger partial charge in [-0.3, -0.25) is 4.57 Å². The summed E-state index contributed by atoms with van der Waals surface area (Å²) in [4.78, 5) is 12.7. The lowest BCUT2D eigenvalue weighted by Crippen LogP contribution is -2.31. The van der Waals surface area contributed by atoms with E-state index in [2.05, 4.69) is 30.6 Å². The Kier molecular flexibility index (Phi) is 6.38. The number of aromatic nitrogens is 3. The third-order valence-electron chi connectivity index (χ3n) is 5.04. The number of hydrogen-bond donors (Lipinski definition) is 1. The second-order valence-electron chi connectivity index (χ2n) is 8.29. The summed E-state index contributed by atoms with van der Waals surface area (Å²) in [5.41, 5.74) is 1.44. The van der Waals surface area contributed by atoms with Gasteiger partial charge in [-0.1, -0.05) is 32.9 Å². The Morgan fingerprint density at radius 2 is 1.65 bits per heavy atom. The third-order valence-corrected chi connectivity index (χ3v) is 6.51. The van der Waals surface area contributed by atoms with Gasteiger partial charge in [-0.2, -0.15) is 0 Å². The fourth-order valence-electron chi connectivity index (χ4n) is 3.13. The van der Waals surface area contributed by atoms with Crippen LogP contribution in [0.3, 0.4) is 0 Å². The molecule has 9 heteroatoms. The molecule has 1 N–H and O–H groups in total. The van der Waals surface area contributed by atoms with Crippen LogP contribution in [0.1, 0.15) is 26.3 Å². The number of hydrogen-bond acceptors (Lipinski definition) is 5. The summed E-state index contributed by atoms with van der Waals surface area (Å²) in [6.07, 6.45) is 0. The summed E-state index contributed by atoms with van der Waals surface area (Å²) < 4.78 is 35.5. The molecule has 0 atom stereocenters. The van der Waals surface area contributed by atoms with E-state index in [0.29, 0.717) is 11.6 Å². The van der Waals surface area contributed by atoms with Crippen LogP contribution >= 0.6 is 0 Å². The highest BCUT2D eigenvalue weighted by Gasteiger charge is 2.18. The number of ether oxygens (including phenoxy) is 1. The van der Waals surface area contributed by atoms with Gasteiger partial charge in [0.05, 0.1) is 18.6 Å². The summed E-state index contributed by atoms with van der Waals surface area (Å²) in [5, 5.41) is 4.36. The minimum atomic E-state index is -3.68. The van der Waals surface area contributed by atoms with Crippen molar-refractivity contribution in [2.75, 3.05) is 13.7 Å². The van der Waals surface area contributed by atoms with Crippen LogP contribution in [0.2, 0.25) is 0 Å². The molecule has 0 aliphatic carbocycles. The lowest BCUT2D eigenvalue weighted by atomic mass is 9.87. The molecule has 0 unspecified atom stereocenters. The van der Waals surface area contributed by atoms with Crippen LogP contribution in [0.4, 0.5) is 0 Å². The molecule has 0 bridgehead atoms. The molecule has 3 aromatic rings. The van der Waals surface area contributed by atoms with E-state index in [-0.39, 0.29) is 29.1 Å². The first-order chi connectivity index (χ1) is 14.5. The van der Waals surface area contributed by atoms with Crippen molar-refractivity contribution < 1.29 is 13.2 Å². The first-order valence-corrected chi connectivity index (χ1v) is 11.4. The second kappa shape index (κ2) is 8.68. The summed E-state index contributed by atoms with van der Waals surface area (Å²) in [6, 6.07) is 14.0. The molecular weight excluding hydrogens is 416 g/mol. The Bertz CT molecular complexity index is 1200. The average molecular weight is 445 g/mol. The zero-order chi connectivity index (χ0) is 22.8. The molecule has 0 saturated carbocycles. The van der Waals surface area contributed by atoms with Crippen molar-refractivity contribution in [1.82, 2.24) is 19.1 Å². The Morgan fingerprint density at radius 3 is 2.19 bits per heavy atom. The molecule has 3 rings (SSSR count). The van der Waals surface area contributed by atoms with Crippen molar-refractivity contribution in [3.05, 3.63) is 64.6 Å². The maximum Gasteiger partial charge on any atom is 0.345 e. The predicted octanol–water partition coefficient (Wildman–Crippen LogP) is 2.53. The zero-order valence-corrected chi connectivity index (χ0v) is 19.2. The van der Waals surface area contributed by atoms with Gasteiger partial charge in [-0.05, 0) is 47.4 Å². The van der Waals surface area contributed by atoms with Crippen molar-refractivity contribution in [1.29, 1.82) is 0 Å². The van der Waals surface area contributed by atoms with E-state index in [4.69, 9.17) is 4.74 Å². The van der Waals surface area contributed by atoms with Gasteiger partial charge >= 0.3 is 5.69 Å². The van der Waals surface area contributed by atoms with Crippen LogP contribution in [-0.2, 0) is 29.0 Å². The molecule has 1 aromatic heterocycles. The first-order valence-electron chi connectivity index (χ1n) is 9.91. The minimum Gasteiger partial charge on any atom is -0.497 e. The van der Waals surface area contributed by atoms with Gasteiger partial charge in [-0.15, -0.1) is 5.10 Å². The molecule has 1 heterocycles. The quantitative estimate of drug-likeness (QED) is 0.604. The standard InChI is InChI=1S/C22H28N4O4S/c1-22(2,3)17-8-12-19(13-9-17)31(28,29)23-14-15-26-21(27)25(4)20(24-26)16-6-10-18(30-5)11-7-16/h6-13,23H,14-15H2,1-5H3. The highest BCUT2D eigenvalue weighted by Crippen LogP contribution is 2.23. The number of nitrogens with one attached hydrogen (secondary N) is 1. The van der Waals surface area contributed by atoms with Crippen molar-refractivity contribution >= 4 is 10.0 Å². The maximum absolute atomic E-state index is 12.6. The van der Waals surface area contributed by atoms with Crippen LogP contribution in [-0.4, -0.2) is 36.4 Å². The summed E-state index contributed by atoms with van der Waals surface area (Å²) in [7, 11) is -0.468. The van der Waals surface area contributed by atoms with Gasteiger partial charge in [0, 0.05) is 19.2 Å². The van der Waals surface area contributed by atoms with E-state index < -0.39 is 10.0 Å². The van der Waals surface area contributed by atoms with Gasteiger partial charge in [0.15, 0.2) is 5.82 Å². The summed E-state index contributed by atoms with van der Waals surface area (Å²) in [6.45, 7) is 6.36. The van der Waals surface area contributed by atoms with Gasteiger partial charge in [0.1, 0.15) is 5.75 Å². The second-order valence-corrected chi connectivity index (χ2v) is 10.1. The Labute approximate surface area is 182 Å². The van der Waals surface area contributed by atoms with Crippen molar-refractivity contribution in [2.24, 2.45) is 7.05 Å². The van der Waals surface area contributed by atoms with Crippen molar-refractivity contribution in [3.63, 3.8) is 0 Å². The fourth-order valence-corrected chi connectivity index (χ4v) is 4.15. The van der Waals surface area contributed by atoms with E-state index in [1.807, 2.05) is 24.3 Å². The van der Waals surface area contributed by atoms with E-state index in [1.54, 1.807) is 38.4 Å². The van der Waals surface area contributed by atoms with E-state index in [1.165, 1.54) is 9.25 Å². The number of sulfonamides is 1. The molecular formula is C22H28N4O4S. The van der Waals surface area contributed by atoms with Gasteiger partial charge in [0.25, 0.3) is 0 Å². The number of nitrogens with zero attached hydrogens (tertiary/aromatic N) is 3. The third kappa shape index (κ3) is 5.05. The van der Waals surface area contributed by atoms with Gasteiger partial charge < -0.3 is 4.74 Å². The smallest absolute Gasteiger partial charge is 0.345 e. The SMILES string of the molecule is COc1ccc(-c2nn(CCNS(=O)(=O)c3ccc(C(C)(C)C)cc3)c(=O)n2C)cc1. The van der Waals surface area contributed by atoms with Crippen LogP contribution in [0.5, 0.6) is 5.75 Å². The molecule has 0 spiro atoms. The first kappa shape index (κ1) is 22.8. The molecule has 0 aliphatic heterocycles. The molecule has 0 radical (unpaired) electrons. The van der Waals surface area contributed by atoms with Crippen molar-refractivity contribution in [3.8, 4) is 17.1 Å². The van der Waals surface area contributed by atoms with E-state index in [9.17, 15) is 13.2 Å². The normalized spacial score (nSPS) is 12.2. The Balaban J connectivity index is 1.70. The van der Waals surface area contributed by atoms with E-state index in [0.717, 1.165) is 11.1 Å². The molecule has 8 nitrogen and oxygen atoms in total. The Hall–Kier alpha value is -2.91. The lowest BCUT2D eigenvalue weighted by Gasteiger charge is -2.19. The molecule has 0 saturated heterocycles. The lowest BCUT2D eigenvalue weighted by molar-refractivity contribution is 0.415. The van der Waals surface area contributed by atoms with E-state index >= 15 is 0 Å². The van der Waals surface area contributed by atoms with Crippen LogP contribution in [0, 0.1) is 0 Å². The molecule has 2 aromatic carbocycles. The average Bonchev–Trinajstić information content (AvgIpc) is 3.02. The predicted molar refractivity (Wildman–Crippen MR) is 120 cm³/mol.